The molecule has 1 saturated heterocycles. The number of hydrogen-bond donors (Lipinski definition) is 1. The van der Waals surface area contributed by atoms with Crippen LogP contribution in [0, 0.1) is 30.3 Å². The molecule has 1 atom stereocenters. The zero-order valence-corrected chi connectivity index (χ0v) is 14.4. The number of carbonyl (C=O) groups excluding carboxylic acids is 2. The molecule has 0 spiro atoms. The Kier molecular flexibility index (Phi) is 4.91. The van der Waals surface area contributed by atoms with Crippen LogP contribution in [-0.4, -0.2) is 18.4 Å². The molecule has 1 N–H and O–H groups in total. The van der Waals surface area contributed by atoms with Crippen molar-refractivity contribution in [3.8, 4) is 0 Å². The van der Waals surface area contributed by atoms with Crippen molar-refractivity contribution in [2.24, 2.45) is 5.92 Å². The number of aryl methyl sites for hydroxylation is 1. The second-order valence-electron chi connectivity index (χ2n) is 6.05. The molecule has 1 aliphatic rings. The SMILES string of the molecule is Cc1ccc(Cl)cc1NC(=O)C1CC(=O)N(c2ccc(F)c(F)c2F)C1. The van der Waals surface area contributed by atoms with Gasteiger partial charge < -0.3 is 10.2 Å². The van der Waals surface area contributed by atoms with E-state index in [1.54, 1.807) is 25.1 Å². The molecular weight excluding hydrogens is 369 g/mol. The Bertz CT molecular complexity index is 904. The van der Waals surface area contributed by atoms with Gasteiger partial charge in [0.2, 0.25) is 11.8 Å². The average molecular weight is 383 g/mol. The lowest BCUT2D eigenvalue weighted by molar-refractivity contribution is -0.122. The van der Waals surface area contributed by atoms with Crippen LogP contribution in [-0.2, 0) is 9.59 Å². The van der Waals surface area contributed by atoms with Crippen LogP contribution in [0.2, 0.25) is 5.02 Å². The number of halogens is 4. The quantitative estimate of drug-likeness (QED) is 0.814. The van der Waals surface area contributed by atoms with Crippen molar-refractivity contribution in [3.63, 3.8) is 0 Å². The second-order valence-corrected chi connectivity index (χ2v) is 6.48. The second kappa shape index (κ2) is 6.99. The van der Waals surface area contributed by atoms with Gasteiger partial charge in [-0.3, -0.25) is 9.59 Å². The first-order chi connectivity index (χ1) is 12.3. The van der Waals surface area contributed by atoms with E-state index < -0.39 is 35.2 Å². The van der Waals surface area contributed by atoms with Crippen LogP contribution in [0.5, 0.6) is 0 Å². The lowest BCUT2D eigenvalue weighted by Gasteiger charge is -2.18. The molecule has 1 fully saturated rings. The Morgan fingerprint density at radius 1 is 1.19 bits per heavy atom. The Balaban J connectivity index is 1.78. The van der Waals surface area contributed by atoms with E-state index in [0.29, 0.717) is 10.7 Å². The predicted octanol–water partition coefficient (Wildman–Crippen LogP) is 4.06. The van der Waals surface area contributed by atoms with Gasteiger partial charge in [0, 0.05) is 23.7 Å². The summed E-state index contributed by atoms with van der Waals surface area (Å²) in [6.45, 7) is 1.65. The van der Waals surface area contributed by atoms with Gasteiger partial charge in [-0.1, -0.05) is 17.7 Å². The summed E-state index contributed by atoms with van der Waals surface area (Å²) in [7, 11) is 0. The number of anilines is 2. The van der Waals surface area contributed by atoms with Crippen LogP contribution in [0.4, 0.5) is 24.5 Å². The summed E-state index contributed by atoms with van der Waals surface area (Å²) in [5.74, 6) is -6.19. The van der Waals surface area contributed by atoms with Gasteiger partial charge in [-0.2, -0.15) is 0 Å². The number of amides is 2. The normalized spacial score (nSPS) is 16.9. The summed E-state index contributed by atoms with van der Waals surface area (Å²) in [5.41, 5.74) is 0.908. The molecule has 2 aromatic carbocycles. The number of rotatable bonds is 3. The molecule has 26 heavy (non-hydrogen) atoms. The number of hydrogen-bond acceptors (Lipinski definition) is 2. The predicted molar refractivity (Wildman–Crippen MR) is 91.6 cm³/mol. The standard InChI is InChI=1S/C18H14ClF3N2O2/c1-9-2-3-11(19)7-13(9)23-18(26)10-6-15(25)24(8-10)14-5-4-12(20)16(21)17(14)22/h2-5,7,10H,6,8H2,1H3,(H,23,26). The molecule has 2 aromatic rings. The van der Waals surface area contributed by atoms with Crippen LogP contribution in [0.25, 0.3) is 0 Å². The highest BCUT2D eigenvalue weighted by Crippen LogP contribution is 2.30. The summed E-state index contributed by atoms with van der Waals surface area (Å²) < 4.78 is 40.4. The topological polar surface area (TPSA) is 49.4 Å². The molecule has 136 valence electrons. The molecule has 0 aromatic heterocycles. The third-order valence-corrected chi connectivity index (χ3v) is 4.49. The molecule has 0 radical (unpaired) electrons. The first-order valence-electron chi connectivity index (χ1n) is 7.79. The van der Waals surface area contributed by atoms with Gasteiger partial charge in [0.25, 0.3) is 0 Å². The summed E-state index contributed by atoms with van der Waals surface area (Å²) in [5, 5.41) is 3.13. The van der Waals surface area contributed by atoms with Crippen LogP contribution >= 0.6 is 11.6 Å². The van der Waals surface area contributed by atoms with Crippen molar-refractivity contribution in [2.45, 2.75) is 13.3 Å². The molecule has 3 rings (SSSR count). The van der Waals surface area contributed by atoms with E-state index >= 15 is 0 Å². The maximum atomic E-state index is 13.9. The zero-order chi connectivity index (χ0) is 19.0. The average Bonchev–Trinajstić information content (AvgIpc) is 2.98. The summed E-state index contributed by atoms with van der Waals surface area (Å²) in [6.07, 6.45) is -0.163. The van der Waals surface area contributed by atoms with Crippen LogP contribution in [0.1, 0.15) is 12.0 Å². The van der Waals surface area contributed by atoms with E-state index in [1.807, 2.05) is 0 Å². The smallest absolute Gasteiger partial charge is 0.229 e. The first kappa shape index (κ1) is 18.3. The van der Waals surface area contributed by atoms with E-state index in [-0.39, 0.29) is 18.7 Å². The molecule has 1 heterocycles. The summed E-state index contributed by atoms with van der Waals surface area (Å²) >= 11 is 5.91. The molecule has 1 aliphatic heterocycles. The third-order valence-electron chi connectivity index (χ3n) is 4.26. The van der Waals surface area contributed by atoms with Crippen molar-refractivity contribution in [3.05, 3.63) is 58.4 Å². The van der Waals surface area contributed by atoms with Gasteiger partial charge in [-0.25, -0.2) is 13.2 Å². The van der Waals surface area contributed by atoms with Crippen molar-refractivity contribution in [2.75, 3.05) is 16.8 Å². The molecule has 0 saturated carbocycles. The molecule has 0 aliphatic carbocycles. The van der Waals surface area contributed by atoms with Gasteiger partial charge >= 0.3 is 0 Å². The largest absolute Gasteiger partial charge is 0.325 e. The molecule has 2 amide bonds. The van der Waals surface area contributed by atoms with Gasteiger partial charge in [0.15, 0.2) is 17.5 Å². The Morgan fingerprint density at radius 2 is 1.92 bits per heavy atom. The van der Waals surface area contributed by atoms with Gasteiger partial charge in [0.1, 0.15) is 0 Å². The minimum Gasteiger partial charge on any atom is -0.325 e. The Labute approximate surface area is 152 Å². The summed E-state index contributed by atoms with van der Waals surface area (Å²) in [4.78, 5) is 25.6. The molecule has 4 nitrogen and oxygen atoms in total. The Morgan fingerprint density at radius 3 is 2.65 bits per heavy atom. The van der Waals surface area contributed by atoms with E-state index in [4.69, 9.17) is 11.6 Å². The lowest BCUT2D eigenvalue weighted by atomic mass is 10.1. The Hall–Kier alpha value is -2.54. The zero-order valence-electron chi connectivity index (χ0n) is 13.7. The van der Waals surface area contributed by atoms with E-state index in [0.717, 1.165) is 22.6 Å². The maximum absolute atomic E-state index is 13.9. The van der Waals surface area contributed by atoms with E-state index in [2.05, 4.69) is 5.32 Å². The highest BCUT2D eigenvalue weighted by molar-refractivity contribution is 6.31. The van der Waals surface area contributed by atoms with Crippen LogP contribution < -0.4 is 10.2 Å². The van der Waals surface area contributed by atoms with E-state index in [1.165, 1.54) is 0 Å². The highest BCUT2D eigenvalue weighted by Gasteiger charge is 2.37. The fourth-order valence-corrected chi connectivity index (χ4v) is 2.98. The minimum absolute atomic E-state index is 0.133. The first-order valence-corrected chi connectivity index (χ1v) is 8.16. The number of nitrogens with one attached hydrogen (secondary N) is 1. The fourth-order valence-electron chi connectivity index (χ4n) is 2.80. The van der Waals surface area contributed by atoms with Crippen molar-refractivity contribution in [1.29, 1.82) is 0 Å². The molecule has 8 heteroatoms. The van der Waals surface area contributed by atoms with Crippen molar-refractivity contribution < 1.29 is 22.8 Å². The van der Waals surface area contributed by atoms with Crippen LogP contribution in [0.3, 0.4) is 0 Å². The third kappa shape index (κ3) is 3.39. The monoisotopic (exact) mass is 382 g/mol. The van der Waals surface area contributed by atoms with Gasteiger partial charge in [0.05, 0.1) is 11.6 Å². The lowest BCUT2D eigenvalue weighted by Crippen LogP contribution is -2.29. The minimum atomic E-state index is -1.65. The number of benzene rings is 2. The summed E-state index contributed by atoms with van der Waals surface area (Å²) in [6, 6.07) is 6.72. The molecule has 1 unspecified atom stereocenters. The fraction of sp³-hybridized carbons (Fsp3) is 0.222. The van der Waals surface area contributed by atoms with Gasteiger partial charge in [-0.05, 0) is 36.8 Å². The van der Waals surface area contributed by atoms with Crippen LogP contribution in [0.15, 0.2) is 30.3 Å². The highest BCUT2D eigenvalue weighted by atomic mass is 35.5. The number of carbonyl (C=O) groups is 2. The molecule has 0 bridgehead atoms. The molecular formula is C18H14ClF3N2O2. The van der Waals surface area contributed by atoms with Gasteiger partial charge in [-0.15, -0.1) is 0 Å². The van der Waals surface area contributed by atoms with Crippen molar-refractivity contribution >= 4 is 34.8 Å². The number of nitrogens with zero attached hydrogens (tertiary/aromatic N) is 1. The van der Waals surface area contributed by atoms with Crippen molar-refractivity contribution in [1.82, 2.24) is 0 Å². The maximum Gasteiger partial charge on any atom is 0.229 e. The van der Waals surface area contributed by atoms with E-state index in [9.17, 15) is 22.8 Å².